The van der Waals surface area contributed by atoms with Gasteiger partial charge in [0, 0.05) is 11.0 Å². The van der Waals surface area contributed by atoms with Crippen molar-refractivity contribution in [3.8, 4) is 5.69 Å². The van der Waals surface area contributed by atoms with Crippen LogP contribution >= 0.6 is 11.8 Å². The molecule has 2 bridgehead atoms. The van der Waals surface area contributed by atoms with E-state index in [-0.39, 0.29) is 10.8 Å². The van der Waals surface area contributed by atoms with Gasteiger partial charge in [-0.2, -0.15) is 4.68 Å². The van der Waals surface area contributed by atoms with Gasteiger partial charge in [-0.15, -0.1) is 5.10 Å². The molecule has 124 valence electrons. The maximum absolute atomic E-state index is 12.9. The van der Waals surface area contributed by atoms with Crippen molar-refractivity contribution in [1.29, 1.82) is 0 Å². The van der Waals surface area contributed by atoms with Crippen LogP contribution in [0, 0.1) is 16.7 Å². The number of carbonyl (C=O) groups excluding carboxylic acids is 1. The number of rotatable bonds is 3. The van der Waals surface area contributed by atoms with Gasteiger partial charge in [0.2, 0.25) is 5.16 Å². The molecule has 2 aliphatic rings. The Balaban J connectivity index is 1.64. The summed E-state index contributed by atoms with van der Waals surface area (Å²) in [6.07, 6.45) is 2.08. The minimum Gasteiger partial charge on any atom is -0.294 e. The van der Waals surface area contributed by atoms with Gasteiger partial charge >= 0.3 is 0 Å². The third-order valence-corrected chi connectivity index (χ3v) is 6.94. The third-order valence-electron chi connectivity index (χ3n) is 6.10. The summed E-state index contributed by atoms with van der Waals surface area (Å²) in [5.74, 6) is 0.638. The van der Waals surface area contributed by atoms with Crippen LogP contribution in [-0.2, 0) is 4.79 Å². The number of allylic oxidation sites excluding steroid dienone is 1. The van der Waals surface area contributed by atoms with Crippen molar-refractivity contribution in [3.05, 3.63) is 41.3 Å². The number of benzene rings is 1. The van der Waals surface area contributed by atoms with E-state index in [9.17, 15) is 4.79 Å². The molecule has 2 unspecified atom stereocenters. The summed E-state index contributed by atoms with van der Waals surface area (Å²) in [5.41, 5.74) is 1.66. The fourth-order valence-electron chi connectivity index (χ4n) is 4.16. The Morgan fingerprint density at radius 2 is 2.00 bits per heavy atom. The van der Waals surface area contributed by atoms with E-state index in [1.54, 1.807) is 4.68 Å². The summed E-state index contributed by atoms with van der Waals surface area (Å²) in [6.45, 7) is 6.57. The minimum absolute atomic E-state index is 0.0296. The van der Waals surface area contributed by atoms with Crippen LogP contribution in [0.25, 0.3) is 5.69 Å². The van der Waals surface area contributed by atoms with Gasteiger partial charge in [-0.1, -0.05) is 50.7 Å². The van der Waals surface area contributed by atoms with E-state index in [1.165, 1.54) is 11.8 Å². The average Bonchev–Trinajstić information content (AvgIpc) is 3.17. The SMILES string of the molecule is CC12CCC(/C(=C/Sc3nnnn3-c3ccccc3)C1=O)C2(C)C. The molecule has 24 heavy (non-hydrogen) atoms. The number of carbonyl (C=O) groups is 1. The van der Waals surface area contributed by atoms with E-state index in [1.807, 2.05) is 35.7 Å². The van der Waals surface area contributed by atoms with Gasteiger partial charge < -0.3 is 0 Å². The Morgan fingerprint density at radius 3 is 2.67 bits per heavy atom. The van der Waals surface area contributed by atoms with Crippen LogP contribution in [0.4, 0.5) is 0 Å². The predicted octanol–water partition coefficient (Wildman–Crippen LogP) is 3.66. The van der Waals surface area contributed by atoms with Crippen LogP contribution in [0.2, 0.25) is 0 Å². The topological polar surface area (TPSA) is 60.7 Å². The van der Waals surface area contributed by atoms with E-state index >= 15 is 0 Å². The number of Topliss-reactive ketones (excluding diaryl/α,β-unsaturated/α-hetero) is 1. The van der Waals surface area contributed by atoms with E-state index in [0.29, 0.717) is 16.9 Å². The number of para-hydroxylation sites is 1. The molecule has 0 spiro atoms. The van der Waals surface area contributed by atoms with Crippen LogP contribution in [0.1, 0.15) is 33.6 Å². The third kappa shape index (κ3) is 2.02. The Labute approximate surface area is 145 Å². The van der Waals surface area contributed by atoms with Gasteiger partial charge in [0.1, 0.15) is 0 Å². The highest BCUT2D eigenvalue weighted by Gasteiger charge is 2.63. The zero-order valence-corrected chi connectivity index (χ0v) is 14.9. The zero-order chi connectivity index (χ0) is 16.9. The number of ketones is 1. The van der Waals surface area contributed by atoms with E-state index in [0.717, 1.165) is 24.1 Å². The van der Waals surface area contributed by atoms with E-state index in [2.05, 4.69) is 36.3 Å². The zero-order valence-electron chi connectivity index (χ0n) is 14.1. The summed E-state index contributed by atoms with van der Waals surface area (Å²) in [7, 11) is 0. The molecule has 6 heteroatoms. The Morgan fingerprint density at radius 1 is 1.25 bits per heavy atom. The molecular formula is C18H20N4OS. The molecule has 0 amide bonds. The highest BCUT2D eigenvalue weighted by atomic mass is 32.2. The molecule has 2 aliphatic carbocycles. The molecular weight excluding hydrogens is 320 g/mol. The first-order chi connectivity index (χ1) is 11.4. The highest BCUT2D eigenvalue weighted by Crippen LogP contribution is 2.65. The molecule has 1 aromatic heterocycles. The molecule has 1 aromatic carbocycles. The van der Waals surface area contributed by atoms with Gasteiger partial charge in [0.05, 0.1) is 5.69 Å². The van der Waals surface area contributed by atoms with Crippen LogP contribution < -0.4 is 0 Å². The second kappa shape index (κ2) is 5.28. The first kappa shape index (κ1) is 15.6. The summed E-state index contributed by atoms with van der Waals surface area (Å²) < 4.78 is 1.70. The van der Waals surface area contributed by atoms with Crippen LogP contribution in [0.15, 0.2) is 46.5 Å². The number of fused-ring (bicyclic) bond motifs is 2. The molecule has 4 rings (SSSR count). The largest absolute Gasteiger partial charge is 0.294 e. The van der Waals surface area contributed by atoms with Crippen molar-refractivity contribution in [1.82, 2.24) is 20.2 Å². The Bertz CT molecular complexity index is 827. The van der Waals surface area contributed by atoms with Gasteiger partial charge in [0.15, 0.2) is 5.78 Å². The average molecular weight is 340 g/mol. The van der Waals surface area contributed by atoms with Crippen molar-refractivity contribution in [3.63, 3.8) is 0 Å². The van der Waals surface area contributed by atoms with Gasteiger partial charge in [0.25, 0.3) is 0 Å². The summed E-state index contributed by atoms with van der Waals surface area (Å²) >= 11 is 1.43. The second-order valence-corrected chi connectivity index (χ2v) is 8.21. The summed E-state index contributed by atoms with van der Waals surface area (Å²) in [5, 5.41) is 14.6. The maximum atomic E-state index is 12.9. The summed E-state index contributed by atoms with van der Waals surface area (Å²) in [6, 6.07) is 9.78. The van der Waals surface area contributed by atoms with Crippen molar-refractivity contribution >= 4 is 17.5 Å². The smallest absolute Gasteiger partial charge is 0.218 e. The highest BCUT2D eigenvalue weighted by molar-refractivity contribution is 8.02. The number of aromatic nitrogens is 4. The fourth-order valence-corrected chi connectivity index (χ4v) is 4.99. The van der Waals surface area contributed by atoms with Crippen molar-refractivity contribution < 1.29 is 4.79 Å². The number of nitrogens with zero attached hydrogens (tertiary/aromatic N) is 4. The van der Waals surface area contributed by atoms with Crippen LogP contribution in [0.5, 0.6) is 0 Å². The Kier molecular flexibility index (Phi) is 3.42. The number of hydrogen-bond acceptors (Lipinski definition) is 5. The lowest BCUT2D eigenvalue weighted by molar-refractivity contribution is -0.125. The predicted molar refractivity (Wildman–Crippen MR) is 92.7 cm³/mol. The summed E-state index contributed by atoms with van der Waals surface area (Å²) in [4.78, 5) is 12.9. The molecule has 5 nitrogen and oxygen atoms in total. The molecule has 2 atom stereocenters. The Hall–Kier alpha value is -1.95. The second-order valence-electron chi connectivity index (χ2n) is 7.37. The molecule has 0 aliphatic heterocycles. The number of hydrogen-bond donors (Lipinski definition) is 0. The maximum Gasteiger partial charge on any atom is 0.218 e. The van der Waals surface area contributed by atoms with Gasteiger partial charge in [-0.05, 0) is 52.1 Å². The monoisotopic (exact) mass is 340 g/mol. The van der Waals surface area contributed by atoms with Gasteiger partial charge in [-0.25, -0.2) is 0 Å². The van der Waals surface area contributed by atoms with E-state index < -0.39 is 0 Å². The quantitative estimate of drug-likeness (QED) is 0.630. The molecule has 2 fully saturated rings. The molecule has 0 saturated heterocycles. The normalized spacial score (nSPS) is 29.5. The van der Waals surface area contributed by atoms with Crippen molar-refractivity contribution in [2.24, 2.45) is 16.7 Å². The number of thioether (sulfide) groups is 1. The lowest BCUT2D eigenvalue weighted by Crippen LogP contribution is -2.32. The minimum atomic E-state index is -0.227. The molecule has 0 N–H and O–H groups in total. The van der Waals surface area contributed by atoms with Gasteiger partial charge in [-0.3, -0.25) is 4.79 Å². The molecule has 2 aromatic rings. The molecule has 1 heterocycles. The van der Waals surface area contributed by atoms with E-state index in [4.69, 9.17) is 0 Å². The van der Waals surface area contributed by atoms with Crippen molar-refractivity contribution in [2.75, 3.05) is 0 Å². The lowest BCUT2D eigenvalue weighted by Gasteiger charge is -2.31. The first-order valence-corrected chi connectivity index (χ1v) is 9.08. The molecule has 0 radical (unpaired) electrons. The standard InChI is InChI=1S/C18H20N4OS/c1-17(2)14-9-10-18(17,3)15(23)13(14)11-24-16-19-20-21-22(16)12-7-5-4-6-8-12/h4-8,11,14H,9-10H2,1-3H3/b13-11-. The van der Waals surface area contributed by atoms with Crippen LogP contribution in [0.3, 0.4) is 0 Å². The van der Waals surface area contributed by atoms with Crippen molar-refractivity contribution in [2.45, 2.75) is 38.8 Å². The first-order valence-electron chi connectivity index (χ1n) is 8.20. The fraction of sp³-hybridized carbons (Fsp3) is 0.444. The van der Waals surface area contributed by atoms with Crippen LogP contribution in [-0.4, -0.2) is 26.0 Å². The lowest BCUT2D eigenvalue weighted by atomic mass is 9.70. The molecule has 2 saturated carbocycles. The number of tetrazole rings is 1.